The molecule has 0 saturated carbocycles. The zero-order chi connectivity index (χ0) is 13.7. The second-order valence-corrected chi connectivity index (χ2v) is 6.67. The molecule has 4 heteroatoms. The van der Waals surface area contributed by atoms with E-state index in [1.165, 1.54) is 11.1 Å². The second-order valence-electron chi connectivity index (χ2n) is 5.02. The number of hydrogen-bond donors (Lipinski definition) is 1. The van der Waals surface area contributed by atoms with Gasteiger partial charge in [0.05, 0.1) is 11.9 Å². The van der Waals surface area contributed by atoms with Crippen molar-refractivity contribution in [3.05, 3.63) is 35.4 Å². The highest BCUT2D eigenvalue weighted by Gasteiger charge is 2.30. The molecule has 0 aliphatic carbocycles. The fourth-order valence-electron chi connectivity index (χ4n) is 2.50. The molecule has 3 unspecified atom stereocenters. The number of nitrogens with one attached hydrogen (secondary N) is 1. The van der Waals surface area contributed by atoms with Crippen molar-refractivity contribution in [1.82, 2.24) is 5.32 Å². The molecule has 3 nitrogen and oxygen atoms in total. The summed E-state index contributed by atoms with van der Waals surface area (Å²) in [4.78, 5) is 0. The van der Waals surface area contributed by atoms with E-state index in [9.17, 15) is 4.21 Å². The summed E-state index contributed by atoms with van der Waals surface area (Å²) in [5.74, 6) is 0.628. The van der Waals surface area contributed by atoms with Crippen LogP contribution in [0, 0.1) is 6.92 Å². The largest absolute Gasteiger partial charge is 0.380 e. The van der Waals surface area contributed by atoms with Gasteiger partial charge in [0.1, 0.15) is 0 Å². The molecule has 19 heavy (non-hydrogen) atoms. The Morgan fingerprint density at radius 2 is 2.21 bits per heavy atom. The highest BCUT2D eigenvalue weighted by atomic mass is 32.2. The van der Waals surface area contributed by atoms with Crippen molar-refractivity contribution in [3.8, 4) is 0 Å². The molecule has 0 amide bonds. The number of ether oxygens (including phenoxy) is 1. The summed E-state index contributed by atoms with van der Waals surface area (Å²) in [5, 5.41) is 3.55. The van der Waals surface area contributed by atoms with Gasteiger partial charge in [-0.1, -0.05) is 31.2 Å². The Balaban J connectivity index is 2.03. The van der Waals surface area contributed by atoms with Crippen molar-refractivity contribution in [2.24, 2.45) is 0 Å². The van der Waals surface area contributed by atoms with Gasteiger partial charge >= 0.3 is 0 Å². The van der Waals surface area contributed by atoms with Gasteiger partial charge in [-0.2, -0.15) is 0 Å². The highest BCUT2D eigenvalue weighted by molar-refractivity contribution is 7.85. The van der Waals surface area contributed by atoms with Gasteiger partial charge in [0.2, 0.25) is 0 Å². The molecule has 1 aromatic rings. The minimum Gasteiger partial charge on any atom is -0.380 e. The molecule has 1 aliphatic rings. The smallest absolute Gasteiger partial charge is 0.0738 e. The van der Waals surface area contributed by atoms with Crippen LogP contribution < -0.4 is 5.32 Å². The van der Waals surface area contributed by atoms with Crippen LogP contribution in [0.5, 0.6) is 0 Å². The molecule has 0 aromatic heterocycles. The van der Waals surface area contributed by atoms with Crippen molar-refractivity contribution in [2.45, 2.75) is 37.3 Å². The summed E-state index contributed by atoms with van der Waals surface area (Å²) in [6, 6.07) is 8.50. The number of aryl methyl sites for hydroxylation is 1. The van der Waals surface area contributed by atoms with E-state index < -0.39 is 10.8 Å². The van der Waals surface area contributed by atoms with Crippen LogP contribution in [0.15, 0.2) is 24.3 Å². The maximum absolute atomic E-state index is 12.6. The Labute approximate surface area is 118 Å². The Morgan fingerprint density at radius 1 is 1.42 bits per heavy atom. The molecule has 1 N–H and O–H groups in total. The lowest BCUT2D eigenvalue weighted by molar-refractivity contribution is 0.0824. The zero-order valence-electron chi connectivity index (χ0n) is 11.7. The number of hydrogen-bond acceptors (Lipinski definition) is 3. The molecule has 0 spiro atoms. The van der Waals surface area contributed by atoms with Gasteiger partial charge in [0.15, 0.2) is 0 Å². The van der Waals surface area contributed by atoms with E-state index >= 15 is 0 Å². The molecule has 1 fully saturated rings. The predicted octanol–water partition coefficient (Wildman–Crippen LogP) is 2.01. The van der Waals surface area contributed by atoms with E-state index in [-0.39, 0.29) is 5.25 Å². The third-order valence-corrected chi connectivity index (χ3v) is 5.40. The molecule has 1 aromatic carbocycles. The lowest BCUT2D eigenvalue weighted by atomic mass is 10.1. The van der Waals surface area contributed by atoms with Crippen LogP contribution in [0.25, 0.3) is 0 Å². The van der Waals surface area contributed by atoms with Crippen molar-refractivity contribution in [2.75, 3.05) is 19.8 Å². The second kappa shape index (κ2) is 7.17. The standard InChI is InChI=1S/C15H23NO2S/c1-3-16-14-8-9-18-10-15(14)19(17)11-13-7-5-4-6-12(13)2/h4-7,14-16H,3,8-11H2,1-2H3. The van der Waals surface area contributed by atoms with Gasteiger partial charge < -0.3 is 10.1 Å². The van der Waals surface area contributed by atoms with Crippen LogP contribution in [-0.2, 0) is 21.3 Å². The van der Waals surface area contributed by atoms with Gasteiger partial charge in [-0.3, -0.25) is 4.21 Å². The maximum atomic E-state index is 12.6. The molecular formula is C15H23NO2S. The lowest BCUT2D eigenvalue weighted by Crippen LogP contribution is -2.48. The van der Waals surface area contributed by atoms with Crippen LogP contribution in [0.1, 0.15) is 24.5 Å². The third kappa shape index (κ3) is 3.88. The van der Waals surface area contributed by atoms with Gasteiger partial charge in [-0.05, 0) is 31.0 Å². The molecule has 0 bridgehead atoms. The first-order chi connectivity index (χ1) is 9.22. The number of rotatable bonds is 5. The lowest BCUT2D eigenvalue weighted by Gasteiger charge is -2.31. The van der Waals surface area contributed by atoms with E-state index in [2.05, 4.69) is 31.3 Å². The average Bonchev–Trinajstić information content (AvgIpc) is 2.42. The molecular weight excluding hydrogens is 258 g/mol. The summed E-state index contributed by atoms with van der Waals surface area (Å²) >= 11 is 0. The van der Waals surface area contributed by atoms with Gasteiger partial charge in [-0.15, -0.1) is 0 Å². The Bertz CT molecular complexity index is 434. The van der Waals surface area contributed by atoms with Gasteiger partial charge in [0, 0.05) is 29.2 Å². The number of benzene rings is 1. The third-order valence-electron chi connectivity index (χ3n) is 3.67. The fraction of sp³-hybridized carbons (Fsp3) is 0.600. The first kappa shape index (κ1) is 14.7. The first-order valence-electron chi connectivity index (χ1n) is 6.95. The molecule has 1 heterocycles. The maximum Gasteiger partial charge on any atom is 0.0738 e. The Kier molecular flexibility index (Phi) is 5.55. The van der Waals surface area contributed by atoms with Crippen LogP contribution in [-0.4, -0.2) is 35.3 Å². The summed E-state index contributed by atoms with van der Waals surface area (Å²) in [5.41, 5.74) is 2.40. The molecule has 1 saturated heterocycles. The van der Waals surface area contributed by atoms with Crippen LogP contribution in [0.4, 0.5) is 0 Å². The molecule has 2 rings (SSSR count). The summed E-state index contributed by atoms with van der Waals surface area (Å²) in [6.07, 6.45) is 0.956. The van der Waals surface area contributed by atoms with Crippen molar-refractivity contribution in [3.63, 3.8) is 0 Å². The SMILES string of the molecule is CCNC1CCOCC1S(=O)Cc1ccccc1C. The van der Waals surface area contributed by atoms with Gasteiger partial charge in [0.25, 0.3) is 0 Å². The Hall–Kier alpha value is -0.710. The van der Waals surface area contributed by atoms with E-state index in [4.69, 9.17) is 4.74 Å². The zero-order valence-corrected chi connectivity index (χ0v) is 12.5. The highest BCUT2D eigenvalue weighted by Crippen LogP contribution is 2.18. The minimum atomic E-state index is -0.887. The molecule has 106 valence electrons. The van der Waals surface area contributed by atoms with Crippen molar-refractivity contribution in [1.29, 1.82) is 0 Å². The minimum absolute atomic E-state index is 0.105. The fourth-order valence-corrected chi connectivity index (χ4v) is 4.19. The van der Waals surface area contributed by atoms with E-state index in [0.717, 1.165) is 19.6 Å². The normalized spacial score (nSPS) is 25.2. The molecule has 3 atom stereocenters. The summed E-state index contributed by atoms with van der Waals surface area (Å²) in [6.45, 7) is 6.47. The molecule has 1 aliphatic heterocycles. The van der Waals surface area contributed by atoms with Gasteiger partial charge in [-0.25, -0.2) is 0 Å². The predicted molar refractivity (Wildman–Crippen MR) is 79.7 cm³/mol. The van der Waals surface area contributed by atoms with Crippen LogP contribution >= 0.6 is 0 Å². The first-order valence-corrected chi connectivity index (χ1v) is 8.33. The van der Waals surface area contributed by atoms with E-state index in [1.807, 2.05) is 12.1 Å². The van der Waals surface area contributed by atoms with E-state index in [1.54, 1.807) is 0 Å². The van der Waals surface area contributed by atoms with Crippen LogP contribution in [0.3, 0.4) is 0 Å². The van der Waals surface area contributed by atoms with Crippen molar-refractivity contribution < 1.29 is 8.95 Å². The van der Waals surface area contributed by atoms with Crippen LogP contribution in [0.2, 0.25) is 0 Å². The summed E-state index contributed by atoms with van der Waals surface area (Å²) in [7, 11) is -0.887. The quantitative estimate of drug-likeness (QED) is 0.897. The van der Waals surface area contributed by atoms with E-state index in [0.29, 0.717) is 18.4 Å². The van der Waals surface area contributed by atoms with Crippen molar-refractivity contribution >= 4 is 10.8 Å². The molecule has 0 radical (unpaired) electrons. The average molecular weight is 281 g/mol. The summed E-state index contributed by atoms with van der Waals surface area (Å²) < 4.78 is 18.1. The monoisotopic (exact) mass is 281 g/mol. The topological polar surface area (TPSA) is 38.3 Å². The Morgan fingerprint density at radius 3 is 2.95 bits per heavy atom.